The Morgan fingerprint density at radius 3 is 2.53 bits per heavy atom. The molecule has 1 saturated carbocycles. The summed E-state index contributed by atoms with van der Waals surface area (Å²) in [5, 5.41) is 1.21. The number of hydrogen-bond donors (Lipinski definition) is 2. The number of nitrogens with one attached hydrogen (secondary N) is 2. The van der Waals surface area contributed by atoms with Crippen LogP contribution in [0.25, 0.3) is 21.9 Å². The molecule has 3 aromatic rings. The Morgan fingerprint density at radius 1 is 1.07 bits per heavy atom. The molecule has 0 atom stereocenters. The zero-order valence-corrected chi connectivity index (χ0v) is 17.5. The van der Waals surface area contributed by atoms with Crippen LogP contribution >= 0.6 is 0 Å². The molecule has 1 aliphatic heterocycles. The highest BCUT2D eigenvalue weighted by Crippen LogP contribution is 2.34. The monoisotopic (exact) mass is 431 g/mol. The van der Waals surface area contributed by atoms with Gasteiger partial charge in [-0.15, -0.1) is 0 Å². The molecule has 0 amide bonds. The molecule has 5 rings (SSSR count). The Kier molecular flexibility index (Phi) is 4.78. The molecule has 9 nitrogen and oxygen atoms in total. The summed E-state index contributed by atoms with van der Waals surface area (Å²) in [6, 6.07) is 1.88. The average Bonchev–Trinajstić information content (AvgIpc) is 3.20. The minimum Gasteiger partial charge on any atom is -0.346 e. The van der Waals surface area contributed by atoms with E-state index in [4.69, 9.17) is 0 Å². The Bertz CT molecular complexity index is 1300. The lowest BCUT2D eigenvalue weighted by atomic mass is 9.85. The standard InChI is InChI=1S/C20H25N5O4S/c26-19-16-11-22-18-15(5-6-21-18)17(16)25(20(27)23-19)14-3-1-13(2-4-14)12-24-7-9-30(28,29)10-8-24/h5-6,11,13-14H,1-4,7-10,12H2,(H,21,22)(H,23,26,27)/t13-,14-. The molecule has 10 heteroatoms. The van der Waals surface area contributed by atoms with Crippen molar-refractivity contribution in [3.05, 3.63) is 39.3 Å². The summed E-state index contributed by atoms with van der Waals surface area (Å²) in [5.74, 6) is 1.00. The van der Waals surface area contributed by atoms with Crippen molar-refractivity contribution in [2.45, 2.75) is 31.7 Å². The van der Waals surface area contributed by atoms with Gasteiger partial charge < -0.3 is 9.88 Å². The number of aromatic amines is 2. The number of nitrogens with zero attached hydrogens (tertiary/aromatic N) is 3. The van der Waals surface area contributed by atoms with E-state index in [9.17, 15) is 18.0 Å². The highest BCUT2D eigenvalue weighted by molar-refractivity contribution is 7.91. The topological polar surface area (TPSA) is 121 Å². The first-order valence-corrected chi connectivity index (χ1v) is 12.3. The first kappa shape index (κ1) is 19.5. The molecule has 0 spiro atoms. The van der Waals surface area contributed by atoms with Crippen molar-refractivity contribution in [2.24, 2.45) is 5.92 Å². The van der Waals surface area contributed by atoms with E-state index in [0.717, 1.165) is 37.6 Å². The van der Waals surface area contributed by atoms with E-state index in [-0.39, 0.29) is 23.2 Å². The van der Waals surface area contributed by atoms with Crippen LogP contribution in [0.3, 0.4) is 0 Å². The van der Waals surface area contributed by atoms with Gasteiger partial charge in [0.05, 0.1) is 22.4 Å². The van der Waals surface area contributed by atoms with Crippen molar-refractivity contribution >= 4 is 31.8 Å². The molecule has 0 bridgehead atoms. The number of rotatable bonds is 3. The highest BCUT2D eigenvalue weighted by atomic mass is 32.2. The summed E-state index contributed by atoms with van der Waals surface area (Å²) in [6.45, 7) is 2.14. The van der Waals surface area contributed by atoms with Crippen LogP contribution in [-0.4, -0.2) is 64.0 Å². The Hall–Kier alpha value is -2.46. The molecular formula is C20H25N5O4S. The van der Waals surface area contributed by atoms with Crippen molar-refractivity contribution in [3.8, 4) is 0 Å². The second-order valence-electron chi connectivity index (χ2n) is 8.52. The summed E-state index contributed by atoms with van der Waals surface area (Å²) in [5.41, 5.74) is 0.538. The fraction of sp³-hybridized carbons (Fsp3) is 0.550. The largest absolute Gasteiger partial charge is 0.346 e. The van der Waals surface area contributed by atoms with Crippen molar-refractivity contribution in [3.63, 3.8) is 0 Å². The van der Waals surface area contributed by atoms with Crippen LogP contribution in [0.5, 0.6) is 0 Å². The second-order valence-corrected chi connectivity index (χ2v) is 10.8. The van der Waals surface area contributed by atoms with E-state index >= 15 is 0 Å². The summed E-state index contributed by atoms with van der Waals surface area (Å²) in [6.07, 6.45) is 6.95. The average molecular weight is 432 g/mol. The van der Waals surface area contributed by atoms with E-state index in [1.807, 2.05) is 6.07 Å². The third-order valence-corrected chi connectivity index (χ3v) is 8.23. The summed E-state index contributed by atoms with van der Waals surface area (Å²) >= 11 is 0. The molecule has 2 N–H and O–H groups in total. The van der Waals surface area contributed by atoms with Gasteiger partial charge >= 0.3 is 5.69 Å². The third-order valence-electron chi connectivity index (χ3n) is 6.62. The molecule has 30 heavy (non-hydrogen) atoms. The van der Waals surface area contributed by atoms with Gasteiger partial charge in [-0.3, -0.25) is 14.3 Å². The van der Waals surface area contributed by atoms with Gasteiger partial charge in [0.15, 0.2) is 9.84 Å². The molecule has 1 saturated heterocycles. The lowest BCUT2D eigenvalue weighted by molar-refractivity contribution is 0.190. The van der Waals surface area contributed by atoms with Crippen molar-refractivity contribution in [2.75, 3.05) is 31.1 Å². The molecular weight excluding hydrogens is 406 g/mol. The van der Waals surface area contributed by atoms with Gasteiger partial charge in [0.1, 0.15) is 5.65 Å². The number of sulfone groups is 1. The molecule has 1 aliphatic carbocycles. The van der Waals surface area contributed by atoms with Crippen LogP contribution in [0.2, 0.25) is 0 Å². The van der Waals surface area contributed by atoms with E-state index < -0.39 is 15.4 Å². The van der Waals surface area contributed by atoms with Crippen LogP contribution in [0.4, 0.5) is 0 Å². The van der Waals surface area contributed by atoms with Crippen LogP contribution in [0, 0.1) is 5.92 Å². The fourth-order valence-electron chi connectivity index (χ4n) is 4.98. The minimum absolute atomic E-state index is 0.0235. The van der Waals surface area contributed by atoms with Gasteiger partial charge in [0.25, 0.3) is 5.56 Å². The quantitative estimate of drug-likeness (QED) is 0.639. The molecule has 0 unspecified atom stereocenters. The fourth-order valence-corrected chi connectivity index (χ4v) is 6.25. The van der Waals surface area contributed by atoms with E-state index in [1.165, 1.54) is 6.20 Å². The second kappa shape index (κ2) is 7.35. The molecule has 0 aromatic carbocycles. The summed E-state index contributed by atoms with van der Waals surface area (Å²) in [4.78, 5) is 37.2. The van der Waals surface area contributed by atoms with Crippen molar-refractivity contribution in [1.82, 2.24) is 24.4 Å². The maximum absolute atomic E-state index is 12.8. The van der Waals surface area contributed by atoms with Crippen molar-refractivity contribution in [1.29, 1.82) is 0 Å². The highest BCUT2D eigenvalue weighted by Gasteiger charge is 2.29. The minimum atomic E-state index is -2.86. The molecule has 160 valence electrons. The maximum Gasteiger partial charge on any atom is 0.329 e. The maximum atomic E-state index is 12.8. The zero-order valence-electron chi connectivity index (χ0n) is 16.6. The molecule has 2 aliphatic rings. The van der Waals surface area contributed by atoms with Gasteiger partial charge in [-0.1, -0.05) is 0 Å². The number of hydrogen-bond acceptors (Lipinski definition) is 6. The van der Waals surface area contributed by atoms with Crippen LogP contribution in [-0.2, 0) is 9.84 Å². The van der Waals surface area contributed by atoms with Crippen LogP contribution in [0.1, 0.15) is 31.7 Å². The SMILES string of the molecule is O=c1[nH]c(=O)n([C@H]2CC[C@H](CN3CCS(=O)(=O)CC3)CC2)c2c1cnc1[nH]ccc12. The Labute approximate surface area is 173 Å². The smallest absolute Gasteiger partial charge is 0.329 e. The lowest BCUT2D eigenvalue weighted by Crippen LogP contribution is -2.43. The molecule has 4 heterocycles. The van der Waals surface area contributed by atoms with E-state index in [2.05, 4.69) is 19.9 Å². The number of pyridine rings is 1. The molecule has 3 aromatic heterocycles. The Morgan fingerprint density at radius 2 is 1.80 bits per heavy atom. The number of fused-ring (bicyclic) bond motifs is 3. The predicted octanol–water partition coefficient (Wildman–Crippen LogP) is 1.03. The van der Waals surface area contributed by atoms with Gasteiger partial charge in [-0.2, -0.15) is 0 Å². The van der Waals surface area contributed by atoms with Gasteiger partial charge in [-0.25, -0.2) is 18.2 Å². The third kappa shape index (κ3) is 3.47. The van der Waals surface area contributed by atoms with Gasteiger partial charge in [-0.05, 0) is 37.7 Å². The van der Waals surface area contributed by atoms with Gasteiger partial charge in [0.2, 0.25) is 0 Å². The summed E-state index contributed by atoms with van der Waals surface area (Å²) < 4.78 is 25.0. The normalized spacial score (nSPS) is 25.1. The van der Waals surface area contributed by atoms with Crippen LogP contribution < -0.4 is 11.2 Å². The van der Waals surface area contributed by atoms with Crippen LogP contribution in [0.15, 0.2) is 28.0 Å². The predicted molar refractivity (Wildman–Crippen MR) is 115 cm³/mol. The van der Waals surface area contributed by atoms with E-state index in [0.29, 0.717) is 35.6 Å². The summed E-state index contributed by atoms with van der Waals surface area (Å²) in [7, 11) is -2.86. The van der Waals surface area contributed by atoms with Gasteiger partial charge in [0, 0.05) is 43.5 Å². The molecule has 0 radical (unpaired) electrons. The zero-order chi connectivity index (χ0) is 20.9. The first-order valence-electron chi connectivity index (χ1n) is 10.4. The number of aromatic nitrogens is 4. The Balaban J connectivity index is 1.38. The molecule has 2 fully saturated rings. The van der Waals surface area contributed by atoms with E-state index in [1.54, 1.807) is 10.8 Å². The first-order chi connectivity index (χ1) is 14.4. The number of H-pyrrole nitrogens is 2. The lowest BCUT2D eigenvalue weighted by Gasteiger charge is -2.35. The van der Waals surface area contributed by atoms with Crippen molar-refractivity contribution < 1.29 is 8.42 Å².